The summed E-state index contributed by atoms with van der Waals surface area (Å²) in [5.41, 5.74) is 4.18. The van der Waals surface area contributed by atoms with Crippen molar-refractivity contribution in [1.29, 1.82) is 0 Å². The monoisotopic (exact) mass is 284 g/mol. The van der Waals surface area contributed by atoms with Crippen molar-refractivity contribution in [2.75, 3.05) is 7.11 Å². The van der Waals surface area contributed by atoms with Crippen LogP contribution < -0.4 is 4.74 Å². The van der Waals surface area contributed by atoms with E-state index in [1.807, 2.05) is 56.3 Å². The van der Waals surface area contributed by atoms with Crippen molar-refractivity contribution in [2.24, 2.45) is 0 Å². The molecule has 21 heavy (non-hydrogen) atoms. The van der Waals surface area contributed by atoms with Gasteiger partial charge in [-0.2, -0.15) is 0 Å². The highest BCUT2D eigenvalue weighted by Gasteiger charge is 2.18. The fourth-order valence-corrected chi connectivity index (χ4v) is 2.61. The Morgan fingerprint density at radius 2 is 1.86 bits per heavy atom. The van der Waals surface area contributed by atoms with Crippen molar-refractivity contribution in [1.82, 2.24) is 0 Å². The average Bonchev–Trinajstić information content (AvgIpc) is 2.44. The van der Waals surface area contributed by atoms with E-state index in [-0.39, 0.29) is 12.3 Å². The summed E-state index contributed by atoms with van der Waals surface area (Å²) in [6, 6.07) is 13.9. The summed E-state index contributed by atoms with van der Waals surface area (Å²) < 4.78 is 5.27. The Labute approximate surface area is 125 Å². The van der Waals surface area contributed by atoms with Crippen molar-refractivity contribution in [3.63, 3.8) is 0 Å². The van der Waals surface area contributed by atoms with Gasteiger partial charge in [0.25, 0.3) is 0 Å². The number of benzene rings is 2. The number of aryl methyl sites for hydroxylation is 2. The van der Waals surface area contributed by atoms with Gasteiger partial charge in [0.05, 0.1) is 13.5 Å². The van der Waals surface area contributed by atoms with Crippen molar-refractivity contribution >= 4 is 5.97 Å². The summed E-state index contributed by atoms with van der Waals surface area (Å²) in [6.07, 6.45) is 0.0786. The van der Waals surface area contributed by atoms with E-state index in [1.54, 1.807) is 7.11 Å². The van der Waals surface area contributed by atoms with Crippen LogP contribution in [-0.2, 0) is 4.79 Å². The Morgan fingerprint density at radius 3 is 2.43 bits per heavy atom. The molecule has 110 valence electrons. The SMILES string of the molecule is COc1ccc(C(CC(=O)O)c2cccc(C)c2)cc1C. The van der Waals surface area contributed by atoms with Gasteiger partial charge < -0.3 is 9.84 Å². The number of ether oxygens (including phenoxy) is 1. The summed E-state index contributed by atoms with van der Waals surface area (Å²) in [6.45, 7) is 3.98. The molecular weight excluding hydrogens is 264 g/mol. The van der Waals surface area contributed by atoms with Crippen LogP contribution in [0.15, 0.2) is 42.5 Å². The first-order valence-corrected chi connectivity index (χ1v) is 6.94. The molecule has 0 aliphatic rings. The summed E-state index contributed by atoms with van der Waals surface area (Å²) in [7, 11) is 1.64. The molecule has 0 bridgehead atoms. The summed E-state index contributed by atoms with van der Waals surface area (Å²) in [5, 5.41) is 9.22. The first kappa shape index (κ1) is 15.1. The zero-order chi connectivity index (χ0) is 15.4. The topological polar surface area (TPSA) is 46.5 Å². The van der Waals surface area contributed by atoms with Gasteiger partial charge in [0.15, 0.2) is 0 Å². The first-order chi connectivity index (χ1) is 10.0. The van der Waals surface area contributed by atoms with Gasteiger partial charge in [-0.25, -0.2) is 0 Å². The van der Waals surface area contributed by atoms with Gasteiger partial charge in [-0.3, -0.25) is 4.79 Å². The second-order valence-corrected chi connectivity index (χ2v) is 5.29. The molecule has 2 aromatic carbocycles. The van der Waals surface area contributed by atoms with Crippen LogP contribution in [0.3, 0.4) is 0 Å². The van der Waals surface area contributed by atoms with Gasteiger partial charge in [-0.05, 0) is 36.6 Å². The molecule has 1 atom stereocenters. The molecule has 0 aromatic heterocycles. The van der Waals surface area contributed by atoms with Crippen LogP contribution in [0.4, 0.5) is 0 Å². The minimum atomic E-state index is -0.796. The molecule has 0 aliphatic carbocycles. The van der Waals surface area contributed by atoms with E-state index in [4.69, 9.17) is 4.74 Å². The molecule has 2 aromatic rings. The Hall–Kier alpha value is -2.29. The predicted octanol–water partition coefficient (Wildman–Crippen LogP) is 3.92. The van der Waals surface area contributed by atoms with Crippen molar-refractivity contribution in [2.45, 2.75) is 26.2 Å². The maximum absolute atomic E-state index is 11.2. The van der Waals surface area contributed by atoms with E-state index in [9.17, 15) is 9.90 Å². The van der Waals surface area contributed by atoms with E-state index in [0.717, 1.165) is 28.0 Å². The van der Waals surface area contributed by atoms with E-state index in [2.05, 4.69) is 0 Å². The third-order valence-corrected chi connectivity index (χ3v) is 3.64. The van der Waals surface area contributed by atoms with Crippen molar-refractivity contribution in [3.8, 4) is 5.75 Å². The largest absolute Gasteiger partial charge is 0.496 e. The maximum Gasteiger partial charge on any atom is 0.304 e. The number of carboxylic acids is 1. The predicted molar refractivity (Wildman–Crippen MR) is 83.0 cm³/mol. The highest BCUT2D eigenvalue weighted by Crippen LogP contribution is 2.31. The smallest absolute Gasteiger partial charge is 0.304 e. The van der Waals surface area contributed by atoms with Crippen molar-refractivity contribution < 1.29 is 14.6 Å². The molecule has 3 heteroatoms. The van der Waals surface area contributed by atoms with E-state index >= 15 is 0 Å². The van der Waals surface area contributed by atoms with Gasteiger partial charge in [-0.1, -0.05) is 42.0 Å². The van der Waals surface area contributed by atoms with Crippen LogP contribution in [0.5, 0.6) is 5.75 Å². The van der Waals surface area contributed by atoms with Gasteiger partial charge >= 0.3 is 5.97 Å². The number of carbonyl (C=O) groups is 1. The van der Waals surface area contributed by atoms with Gasteiger partial charge in [0.2, 0.25) is 0 Å². The Balaban J connectivity index is 2.45. The molecule has 0 aliphatic heterocycles. The lowest BCUT2D eigenvalue weighted by atomic mass is 9.87. The Kier molecular flexibility index (Phi) is 4.63. The highest BCUT2D eigenvalue weighted by atomic mass is 16.5. The quantitative estimate of drug-likeness (QED) is 0.905. The van der Waals surface area contributed by atoms with Gasteiger partial charge in [0.1, 0.15) is 5.75 Å². The number of carboxylic acid groups (broad SMARTS) is 1. The number of aliphatic carboxylic acids is 1. The second kappa shape index (κ2) is 6.44. The summed E-state index contributed by atoms with van der Waals surface area (Å²) in [5.74, 6) is -0.126. The number of hydrogen-bond donors (Lipinski definition) is 1. The maximum atomic E-state index is 11.2. The molecule has 0 heterocycles. The molecule has 0 radical (unpaired) electrons. The van der Waals surface area contributed by atoms with Gasteiger partial charge in [0, 0.05) is 5.92 Å². The van der Waals surface area contributed by atoms with Crippen LogP contribution in [-0.4, -0.2) is 18.2 Å². The number of hydrogen-bond acceptors (Lipinski definition) is 2. The van der Waals surface area contributed by atoms with E-state index in [0.29, 0.717) is 0 Å². The molecule has 1 unspecified atom stereocenters. The Morgan fingerprint density at radius 1 is 1.14 bits per heavy atom. The molecule has 0 saturated carbocycles. The van der Waals surface area contributed by atoms with Crippen LogP contribution in [0, 0.1) is 13.8 Å². The summed E-state index contributed by atoms with van der Waals surface area (Å²) in [4.78, 5) is 11.2. The van der Waals surface area contributed by atoms with Crippen LogP contribution in [0.2, 0.25) is 0 Å². The zero-order valence-corrected chi connectivity index (χ0v) is 12.6. The molecule has 0 amide bonds. The first-order valence-electron chi connectivity index (χ1n) is 6.94. The average molecular weight is 284 g/mol. The lowest BCUT2D eigenvalue weighted by Crippen LogP contribution is -2.08. The summed E-state index contributed by atoms with van der Waals surface area (Å²) >= 11 is 0. The fraction of sp³-hybridized carbons (Fsp3) is 0.278. The molecule has 0 fully saturated rings. The van der Waals surface area contributed by atoms with E-state index < -0.39 is 5.97 Å². The number of rotatable bonds is 5. The third-order valence-electron chi connectivity index (χ3n) is 3.64. The molecular formula is C18H20O3. The zero-order valence-electron chi connectivity index (χ0n) is 12.6. The minimum absolute atomic E-state index is 0.0786. The van der Waals surface area contributed by atoms with Crippen LogP contribution in [0.25, 0.3) is 0 Å². The molecule has 0 spiro atoms. The molecule has 1 N–H and O–H groups in total. The molecule has 3 nitrogen and oxygen atoms in total. The fourth-order valence-electron chi connectivity index (χ4n) is 2.61. The Bertz CT molecular complexity index is 647. The minimum Gasteiger partial charge on any atom is -0.496 e. The third kappa shape index (κ3) is 3.63. The lowest BCUT2D eigenvalue weighted by Gasteiger charge is -2.18. The van der Waals surface area contributed by atoms with E-state index in [1.165, 1.54) is 0 Å². The van der Waals surface area contributed by atoms with Crippen molar-refractivity contribution in [3.05, 3.63) is 64.7 Å². The second-order valence-electron chi connectivity index (χ2n) is 5.29. The lowest BCUT2D eigenvalue weighted by molar-refractivity contribution is -0.137. The van der Waals surface area contributed by atoms with Crippen LogP contribution in [0.1, 0.15) is 34.6 Å². The molecule has 2 rings (SSSR count). The standard InChI is InChI=1S/C18H20O3/c1-12-5-4-6-14(9-12)16(11-18(19)20)15-7-8-17(21-3)13(2)10-15/h4-10,16H,11H2,1-3H3,(H,19,20). The highest BCUT2D eigenvalue weighted by molar-refractivity contribution is 5.69. The van der Waals surface area contributed by atoms with Gasteiger partial charge in [-0.15, -0.1) is 0 Å². The normalized spacial score (nSPS) is 12.0. The molecule has 0 saturated heterocycles. The number of methoxy groups -OCH3 is 1. The van der Waals surface area contributed by atoms with Crippen LogP contribution >= 0.6 is 0 Å².